The van der Waals surface area contributed by atoms with Crippen LogP contribution in [0.2, 0.25) is 0 Å². The average Bonchev–Trinajstić information content (AvgIpc) is 2.47. The molecule has 2 aromatic rings. The summed E-state index contributed by atoms with van der Waals surface area (Å²) in [7, 11) is 0. The van der Waals surface area contributed by atoms with E-state index in [1.807, 2.05) is 6.07 Å². The maximum absolute atomic E-state index is 13.5. The molecule has 2 aromatic carbocycles. The van der Waals surface area contributed by atoms with Gasteiger partial charge in [0.05, 0.1) is 12.2 Å². The number of halogens is 1. The second-order valence-corrected chi connectivity index (χ2v) is 4.39. The van der Waals surface area contributed by atoms with E-state index in [1.54, 1.807) is 24.3 Å². The maximum Gasteiger partial charge on any atom is 0.251 e. The Labute approximate surface area is 121 Å². The molecule has 0 aliphatic heterocycles. The van der Waals surface area contributed by atoms with Crippen molar-refractivity contribution in [2.75, 3.05) is 6.61 Å². The molecular weight excluding hydrogens is 273 g/mol. The van der Waals surface area contributed by atoms with Crippen LogP contribution in [0.15, 0.2) is 48.5 Å². The highest BCUT2D eigenvalue weighted by Crippen LogP contribution is 2.16. The first-order valence-electron chi connectivity index (χ1n) is 6.38. The SMILES string of the molecule is NC(=O)c1ccc(OCCC(=O)c2ccccc2)cc1F. The molecule has 0 fully saturated rings. The van der Waals surface area contributed by atoms with Crippen molar-refractivity contribution in [1.82, 2.24) is 0 Å². The molecule has 0 radical (unpaired) electrons. The third-order valence-electron chi connectivity index (χ3n) is 2.90. The summed E-state index contributed by atoms with van der Waals surface area (Å²) < 4.78 is 18.8. The van der Waals surface area contributed by atoms with Crippen LogP contribution < -0.4 is 10.5 Å². The van der Waals surface area contributed by atoms with E-state index in [0.29, 0.717) is 5.56 Å². The molecule has 4 nitrogen and oxygen atoms in total. The molecule has 0 heterocycles. The fraction of sp³-hybridized carbons (Fsp3) is 0.125. The quantitative estimate of drug-likeness (QED) is 0.830. The van der Waals surface area contributed by atoms with Gasteiger partial charge in [0.2, 0.25) is 0 Å². The molecule has 1 amide bonds. The number of carbonyl (C=O) groups excluding carboxylic acids is 2. The molecule has 0 aliphatic carbocycles. The highest BCUT2D eigenvalue weighted by Gasteiger charge is 2.10. The van der Waals surface area contributed by atoms with Crippen molar-refractivity contribution in [3.63, 3.8) is 0 Å². The van der Waals surface area contributed by atoms with E-state index >= 15 is 0 Å². The van der Waals surface area contributed by atoms with Gasteiger partial charge in [0, 0.05) is 18.1 Å². The summed E-state index contributed by atoms with van der Waals surface area (Å²) in [6, 6.07) is 12.6. The van der Waals surface area contributed by atoms with Gasteiger partial charge >= 0.3 is 0 Å². The summed E-state index contributed by atoms with van der Waals surface area (Å²) in [6.07, 6.45) is 0.184. The van der Waals surface area contributed by atoms with Crippen molar-refractivity contribution in [1.29, 1.82) is 0 Å². The molecule has 0 saturated carbocycles. The van der Waals surface area contributed by atoms with Gasteiger partial charge in [-0.15, -0.1) is 0 Å². The molecule has 108 valence electrons. The van der Waals surface area contributed by atoms with E-state index in [-0.39, 0.29) is 30.1 Å². The number of benzene rings is 2. The fourth-order valence-electron chi connectivity index (χ4n) is 1.82. The zero-order valence-corrected chi connectivity index (χ0v) is 11.2. The summed E-state index contributed by atoms with van der Waals surface area (Å²) in [4.78, 5) is 22.7. The van der Waals surface area contributed by atoms with E-state index < -0.39 is 11.7 Å². The maximum atomic E-state index is 13.5. The van der Waals surface area contributed by atoms with Crippen molar-refractivity contribution in [3.8, 4) is 5.75 Å². The zero-order chi connectivity index (χ0) is 15.2. The van der Waals surface area contributed by atoms with Crippen LogP contribution in [0.3, 0.4) is 0 Å². The number of primary amides is 1. The number of ether oxygens (including phenoxy) is 1. The van der Waals surface area contributed by atoms with Gasteiger partial charge in [0.15, 0.2) is 5.78 Å². The molecule has 0 bridgehead atoms. The second-order valence-electron chi connectivity index (χ2n) is 4.39. The van der Waals surface area contributed by atoms with E-state index in [9.17, 15) is 14.0 Å². The van der Waals surface area contributed by atoms with Crippen molar-refractivity contribution in [2.24, 2.45) is 5.73 Å². The van der Waals surface area contributed by atoms with Crippen LogP contribution in [0, 0.1) is 5.82 Å². The summed E-state index contributed by atoms with van der Waals surface area (Å²) in [5, 5.41) is 0. The number of rotatable bonds is 6. The Hall–Kier alpha value is -2.69. The minimum absolute atomic E-state index is 0.0511. The van der Waals surface area contributed by atoms with Crippen LogP contribution in [0.4, 0.5) is 4.39 Å². The Morgan fingerprint density at radius 3 is 2.43 bits per heavy atom. The number of amides is 1. The van der Waals surface area contributed by atoms with Gasteiger partial charge in [0.1, 0.15) is 11.6 Å². The highest BCUT2D eigenvalue weighted by molar-refractivity contribution is 5.96. The van der Waals surface area contributed by atoms with Crippen LogP contribution in [-0.2, 0) is 0 Å². The van der Waals surface area contributed by atoms with Crippen molar-refractivity contribution in [3.05, 3.63) is 65.5 Å². The third-order valence-corrected chi connectivity index (χ3v) is 2.90. The monoisotopic (exact) mass is 287 g/mol. The number of Topliss-reactive ketones (excluding diaryl/α,β-unsaturated/α-hetero) is 1. The Bertz CT molecular complexity index is 656. The summed E-state index contributed by atoms with van der Waals surface area (Å²) in [5.74, 6) is -1.38. The number of nitrogens with two attached hydrogens (primary N) is 1. The van der Waals surface area contributed by atoms with Crippen LogP contribution in [0.5, 0.6) is 5.75 Å². The molecule has 2 rings (SSSR count). The van der Waals surface area contributed by atoms with Crippen LogP contribution in [0.25, 0.3) is 0 Å². The molecule has 0 spiro atoms. The molecule has 0 atom stereocenters. The molecule has 21 heavy (non-hydrogen) atoms. The van der Waals surface area contributed by atoms with Gasteiger partial charge < -0.3 is 10.5 Å². The van der Waals surface area contributed by atoms with Gasteiger partial charge in [-0.1, -0.05) is 30.3 Å². The van der Waals surface area contributed by atoms with E-state index in [4.69, 9.17) is 10.5 Å². The van der Waals surface area contributed by atoms with E-state index in [2.05, 4.69) is 0 Å². The topological polar surface area (TPSA) is 69.4 Å². The summed E-state index contributed by atoms with van der Waals surface area (Å²) >= 11 is 0. The van der Waals surface area contributed by atoms with Gasteiger partial charge in [-0.25, -0.2) is 4.39 Å². The standard InChI is InChI=1S/C16H14FNO3/c17-14-10-12(6-7-13(14)16(18)20)21-9-8-15(19)11-4-2-1-3-5-11/h1-7,10H,8-9H2,(H2,18,20). The van der Waals surface area contributed by atoms with Crippen molar-refractivity contribution in [2.45, 2.75) is 6.42 Å². The average molecular weight is 287 g/mol. The Morgan fingerprint density at radius 2 is 1.81 bits per heavy atom. The lowest BCUT2D eigenvalue weighted by molar-refractivity contribution is 0.0961. The molecular formula is C16H14FNO3. The molecule has 0 aliphatic rings. The lowest BCUT2D eigenvalue weighted by Gasteiger charge is -2.07. The van der Waals surface area contributed by atoms with Gasteiger partial charge in [-0.3, -0.25) is 9.59 Å². The Kier molecular flexibility index (Phi) is 4.66. The summed E-state index contributed by atoms with van der Waals surface area (Å²) in [6.45, 7) is 0.128. The predicted octanol–water partition coefficient (Wildman–Crippen LogP) is 2.58. The first kappa shape index (κ1) is 14.7. The number of hydrogen-bond acceptors (Lipinski definition) is 3. The first-order valence-corrected chi connectivity index (χ1v) is 6.38. The molecule has 5 heteroatoms. The lowest BCUT2D eigenvalue weighted by atomic mass is 10.1. The van der Waals surface area contributed by atoms with E-state index in [1.165, 1.54) is 12.1 Å². The van der Waals surface area contributed by atoms with E-state index in [0.717, 1.165) is 6.07 Å². The minimum Gasteiger partial charge on any atom is -0.493 e. The molecule has 0 aromatic heterocycles. The lowest BCUT2D eigenvalue weighted by Crippen LogP contribution is -2.13. The molecule has 0 saturated heterocycles. The number of ketones is 1. The minimum atomic E-state index is -0.835. The smallest absolute Gasteiger partial charge is 0.251 e. The van der Waals surface area contributed by atoms with Crippen molar-refractivity contribution >= 4 is 11.7 Å². The van der Waals surface area contributed by atoms with Crippen LogP contribution in [-0.4, -0.2) is 18.3 Å². The normalized spacial score (nSPS) is 10.1. The van der Waals surface area contributed by atoms with Crippen LogP contribution >= 0.6 is 0 Å². The van der Waals surface area contributed by atoms with Gasteiger partial charge in [-0.05, 0) is 12.1 Å². The largest absolute Gasteiger partial charge is 0.493 e. The number of hydrogen-bond donors (Lipinski definition) is 1. The Balaban J connectivity index is 1.91. The third kappa shape index (κ3) is 3.89. The highest BCUT2D eigenvalue weighted by atomic mass is 19.1. The second kappa shape index (κ2) is 6.65. The summed E-state index contributed by atoms with van der Waals surface area (Å²) in [5.41, 5.74) is 5.42. The van der Waals surface area contributed by atoms with Crippen molar-refractivity contribution < 1.29 is 18.7 Å². The van der Waals surface area contributed by atoms with Gasteiger partial charge in [0.25, 0.3) is 5.91 Å². The first-order chi connectivity index (χ1) is 10.1. The fourth-order valence-corrected chi connectivity index (χ4v) is 1.82. The predicted molar refractivity (Wildman–Crippen MR) is 75.8 cm³/mol. The molecule has 0 unspecified atom stereocenters. The van der Waals surface area contributed by atoms with Crippen LogP contribution in [0.1, 0.15) is 27.1 Å². The zero-order valence-electron chi connectivity index (χ0n) is 11.2. The Morgan fingerprint density at radius 1 is 1.10 bits per heavy atom. The molecule has 2 N–H and O–H groups in total. The van der Waals surface area contributed by atoms with Gasteiger partial charge in [-0.2, -0.15) is 0 Å². The number of carbonyl (C=O) groups is 2.